The molecule has 0 aliphatic carbocycles. The summed E-state index contributed by atoms with van der Waals surface area (Å²) in [7, 11) is 0. The zero-order chi connectivity index (χ0) is 11.7. The van der Waals surface area contributed by atoms with E-state index in [-0.39, 0.29) is 11.9 Å². The van der Waals surface area contributed by atoms with Gasteiger partial charge in [-0.05, 0) is 12.8 Å². The molecule has 1 aliphatic rings. The van der Waals surface area contributed by atoms with Gasteiger partial charge >= 0.3 is 0 Å². The van der Waals surface area contributed by atoms with E-state index >= 15 is 0 Å². The van der Waals surface area contributed by atoms with Crippen LogP contribution in [0.4, 0.5) is 0 Å². The van der Waals surface area contributed by atoms with Crippen molar-refractivity contribution in [3.05, 3.63) is 23.5 Å². The van der Waals surface area contributed by atoms with Gasteiger partial charge in [0.25, 0.3) is 0 Å². The van der Waals surface area contributed by atoms with Crippen LogP contribution in [0.2, 0.25) is 0 Å². The number of nitrogens with one attached hydrogen (secondary N) is 2. The highest BCUT2D eigenvalue weighted by atomic mass is 32.1. The Hall–Kier alpha value is -1.40. The van der Waals surface area contributed by atoms with E-state index in [9.17, 15) is 4.79 Å². The molecule has 1 atom stereocenters. The van der Waals surface area contributed by atoms with Crippen LogP contribution in [0.5, 0.6) is 0 Å². The van der Waals surface area contributed by atoms with E-state index in [0.717, 1.165) is 30.0 Å². The van der Waals surface area contributed by atoms with Gasteiger partial charge in [0.2, 0.25) is 5.91 Å². The molecule has 1 unspecified atom stereocenters. The zero-order valence-electron chi connectivity index (χ0n) is 9.35. The number of carbonyl (C=O) groups excluding carboxylic acids is 1. The Labute approximate surface area is 103 Å². The number of nitrogens with zero attached hydrogens (tertiary/aromatic N) is 2. The Bertz CT molecular complexity index is 504. The molecular weight excluding hydrogens is 236 g/mol. The molecule has 3 heterocycles. The highest BCUT2D eigenvalue weighted by molar-refractivity contribution is 7.15. The molecule has 1 aliphatic heterocycles. The molecule has 0 bridgehead atoms. The summed E-state index contributed by atoms with van der Waals surface area (Å²) in [6, 6.07) is -0.0662. The fourth-order valence-electron chi connectivity index (χ4n) is 2.06. The molecule has 0 aromatic carbocycles. The van der Waals surface area contributed by atoms with Crippen molar-refractivity contribution < 1.29 is 4.79 Å². The maximum absolute atomic E-state index is 11.5. The van der Waals surface area contributed by atoms with Crippen LogP contribution in [0.25, 0.3) is 4.96 Å². The predicted molar refractivity (Wildman–Crippen MR) is 65.9 cm³/mol. The molecule has 5 nitrogen and oxygen atoms in total. The van der Waals surface area contributed by atoms with Crippen LogP contribution in [-0.2, 0) is 11.3 Å². The Kier molecular flexibility index (Phi) is 2.82. The van der Waals surface area contributed by atoms with Crippen LogP contribution < -0.4 is 10.6 Å². The van der Waals surface area contributed by atoms with Gasteiger partial charge < -0.3 is 10.6 Å². The van der Waals surface area contributed by atoms with Gasteiger partial charge in [-0.1, -0.05) is 0 Å². The number of thiazole rings is 1. The van der Waals surface area contributed by atoms with E-state index in [1.54, 1.807) is 11.3 Å². The normalized spacial score (nSPS) is 20.7. The Morgan fingerprint density at radius 1 is 1.65 bits per heavy atom. The van der Waals surface area contributed by atoms with E-state index in [1.165, 1.54) is 0 Å². The van der Waals surface area contributed by atoms with Gasteiger partial charge in [-0.25, -0.2) is 4.98 Å². The third kappa shape index (κ3) is 2.18. The fourth-order valence-corrected chi connectivity index (χ4v) is 2.77. The molecule has 0 spiro atoms. The highest BCUT2D eigenvalue weighted by Crippen LogP contribution is 2.11. The number of fused-ring (bicyclic) bond motifs is 1. The topological polar surface area (TPSA) is 58.4 Å². The number of piperidine rings is 1. The molecule has 3 rings (SSSR count). The maximum atomic E-state index is 11.5. The summed E-state index contributed by atoms with van der Waals surface area (Å²) in [5.74, 6) is 0.109. The molecule has 2 aromatic rings. The van der Waals surface area contributed by atoms with Crippen molar-refractivity contribution in [2.24, 2.45) is 0 Å². The molecule has 1 amide bonds. The van der Waals surface area contributed by atoms with Crippen LogP contribution in [0.15, 0.2) is 17.8 Å². The van der Waals surface area contributed by atoms with Crippen LogP contribution in [-0.4, -0.2) is 27.9 Å². The first-order chi connectivity index (χ1) is 8.33. The first-order valence-corrected chi connectivity index (χ1v) is 6.63. The summed E-state index contributed by atoms with van der Waals surface area (Å²) in [4.78, 5) is 17.0. The second-order valence-corrected chi connectivity index (χ2v) is 5.06. The van der Waals surface area contributed by atoms with Gasteiger partial charge in [0.15, 0.2) is 4.96 Å². The minimum absolute atomic E-state index is 0.0662. The molecule has 2 N–H and O–H groups in total. The average molecular weight is 250 g/mol. The summed E-state index contributed by atoms with van der Waals surface area (Å²) in [5, 5.41) is 8.13. The molecule has 2 aromatic heterocycles. The van der Waals surface area contributed by atoms with Crippen LogP contribution in [0.3, 0.4) is 0 Å². The molecular formula is C11H14N4OS. The number of imidazole rings is 1. The van der Waals surface area contributed by atoms with E-state index in [0.29, 0.717) is 6.54 Å². The lowest BCUT2D eigenvalue weighted by molar-refractivity contribution is -0.124. The highest BCUT2D eigenvalue weighted by Gasteiger charge is 2.21. The van der Waals surface area contributed by atoms with Crippen LogP contribution in [0, 0.1) is 0 Å². The third-order valence-electron chi connectivity index (χ3n) is 2.96. The Morgan fingerprint density at radius 3 is 3.41 bits per heavy atom. The standard InChI is InChI=1S/C11H14N4OS/c16-10-9(2-1-3-12-10)13-6-8-7-15-4-5-17-11(15)14-8/h4-5,7,9,13H,1-3,6H2,(H,12,16). The van der Waals surface area contributed by atoms with Crippen molar-refractivity contribution in [3.8, 4) is 0 Å². The van der Waals surface area contributed by atoms with E-state index in [4.69, 9.17) is 0 Å². The third-order valence-corrected chi connectivity index (χ3v) is 3.73. The smallest absolute Gasteiger partial charge is 0.237 e. The number of hydrogen-bond donors (Lipinski definition) is 2. The van der Waals surface area contributed by atoms with Gasteiger partial charge in [-0.2, -0.15) is 0 Å². The molecule has 1 fully saturated rings. The van der Waals surface area contributed by atoms with E-state index < -0.39 is 0 Å². The number of rotatable bonds is 3. The number of hydrogen-bond acceptors (Lipinski definition) is 4. The van der Waals surface area contributed by atoms with Crippen molar-refractivity contribution in [2.45, 2.75) is 25.4 Å². The Balaban J connectivity index is 1.63. The molecule has 17 heavy (non-hydrogen) atoms. The summed E-state index contributed by atoms with van der Waals surface area (Å²) < 4.78 is 2.00. The summed E-state index contributed by atoms with van der Waals surface area (Å²) >= 11 is 1.61. The van der Waals surface area contributed by atoms with Gasteiger partial charge in [0, 0.05) is 30.9 Å². The minimum atomic E-state index is -0.0662. The molecule has 90 valence electrons. The van der Waals surface area contributed by atoms with E-state index in [2.05, 4.69) is 15.6 Å². The van der Waals surface area contributed by atoms with E-state index in [1.807, 2.05) is 22.2 Å². The van der Waals surface area contributed by atoms with Crippen LogP contribution in [0.1, 0.15) is 18.5 Å². The summed E-state index contributed by atoms with van der Waals surface area (Å²) in [6.07, 6.45) is 5.94. The van der Waals surface area contributed by atoms with Crippen molar-refractivity contribution >= 4 is 22.2 Å². The number of aromatic nitrogens is 2. The number of amides is 1. The van der Waals surface area contributed by atoms with Crippen molar-refractivity contribution in [2.75, 3.05) is 6.54 Å². The van der Waals surface area contributed by atoms with Gasteiger partial charge in [-0.3, -0.25) is 9.20 Å². The second kappa shape index (κ2) is 4.46. The first-order valence-electron chi connectivity index (χ1n) is 5.75. The second-order valence-electron chi connectivity index (χ2n) is 4.19. The van der Waals surface area contributed by atoms with Gasteiger partial charge in [-0.15, -0.1) is 11.3 Å². The summed E-state index contributed by atoms with van der Waals surface area (Å²) in [6.45, 7) is 1.45. The molecule has 6 heteroatoms. The minimum Gasteiger partial charge on any atom is -0.355 e. The fraction of sp³-hybridized carbons (Fsp3) is 0.455. The van der Waals surface area contributed by atoms with Crippen molar-refractivity contribution in [3.63, 3.8) is 0 Å². The first kappa shape index (κ1) is 10.7. The largest absolute Gasteiger partial charge is 0.355 e. The van der Waals surface area contributed by atoms with Crippen LogP contribution >= 0.6 is 11.3 Å². The number of carbonyl (C=O) groups is 1. The van der Waals surface area contributed by atoms with Crippen molar-refractivity contribution in [1.82, 2.24) is 20.0 Å². The summed E-state index contributed by atoms with van der Waals surface area (Å²) in [5.41, 5.74) is 0.982. The monoisotopic (exact) mass is 250 g/mol. The molecule has 1 saturated heterocycles. The lowest BCUT2D eigenvalue weighted by Gasteiger charge is -2.22. The molecule has 0 saturated carbocycles. The zero-order valence-corrected chi connectivity index (χ0v) is 10.2. The maximum Gasteiger partial charge on any atom is 0.237 e. The lowest BCUT2D eigenvalue weighted by atomic mass is 10.1. The Morgan fingerprint density at radius 2 is 2.59 bits per heavy atom. The van der Waals surface area contributed by atoms with Gasteiger partial charge in [0.1, 0.15) is 0 Å². The lowest BCUT2D eigenvalue weighted by Crippen LogP contribution is -2.47. The SMILES string of the molecule is O=C1NCCCC1NCc1cn2ccsc2n1. The average Bonchev–Trinajstić information content (AvgIpc) is 2.88. The van der Waals surface area contributed by atoms with Crippen molar-refractivity contribution in [1.29, 1.82) is 0 Å². The quantitative estimate of drug-likeness (QED) is 0.845. The predicted octanol–water partition coefficient (Wildman–Crippen LogP) is 0.764. The molecule has 0 radical (unpaired) electrons. The van der Waals surface area contributed by atoms with Gasteiger partial charge in [0.05, 0.1) is 11.7 Å².